The molecule has 0 aromatic heterocycles. The Morgan fingerprint density at radius 1 is 0.500 bits per heavy atom. The van der Waals surface area contributed by atoms with Crippen LogP contribution in [0.5, 0.6) is 0 Å². The molecule has 0 rings (SSSR count). The lowest BCUT2D eigenvalue weighted by Crippen LogP contribution is -2.45. The van der Waals surface area contributed by atoms with Gasteiger partial charge in [0, 0.05) is 12.8 Å². The Morgan fingerprint density at radius 3 is 1.41 bits per heavy atom. The van der Waals surface area contributed by atoms with Gasteiger partial charge < -0.3 is 20.3 Å². The summed E-state index contributed by atoms with van der Waals surface area (Å²) in [6, 6.07) is -0.558. The maximum Gasteiger partial charge on any atom is 0.305 e. The number of rotatable bonds is 45. The Bertz CT molecular complexity index is 874. The minimum atomic E-state index is -0.679. The first-order chi connectivity index (χ1) is 27.5. The van der Waals surface area contributed by atoms with Crippen molar-refractivity contribution in [1.29, 1.82) is 0 Å². The molecule has 0 spiro atoms. The normalized spacial score (nSPS) is 12.9. The van der Waals surface area contributed by atoms with Gasteiger partial charge in [-0.05, 0) is 51.4 Å². The number of allylic oxidation sites excluding steroid dienone is 4. The second-order valence-corrected chi connectivity index (χ2v) is 16.8. The SMILES string of the molecule is CCCC/C=C\C/C=C\CCCCCCCC(=O)OCCCCCCCCCCCCC(=O)NC(CO)C(O)CCCCCCCCCCCCCCCCC. The first-order valence-corrected chi connectivity index (χ1v) is 24.6. The maximum absolute atomic E-state index is 12.4. The predicted molar refractivity (Wildman–Crippen MR) is 241 cm³/mol. The molecule has 0 saturated heterocycles. The smallest absolute Gasteiger partial charge is 0.305 e. The summed E-state index contributed by atoms with van der Waals surface area (Å²) in [4.78, 5) is 24.4. The van der Waals surface area contributed by atoms with Crippen LogP contribution in [0.4, 0.5) is 0 Å². The van der Waals surface area contributed by atoms with Gasteiger partial charge in [-0.15, -0.1) is 0 Å². The van der Waals surface area contributed by atoms with Crippen LogP contribution < -0.4 is 5.32 Å². The van der Waals surface area contributed by atoms with Crippen LogP contribution in [0.25, 0.3) is 0 Å². The van der Waals surface area contributed by atoms with Crippen molar-refractivity contribution in [3.05, 3.63) is 24.3 Å². The van der Waals surface area contributed by atoms with E-state index in [1.54, 1.807) is 0 Å². The van der Waals surface area contributed by atoms with E-state index in [-0.39, 0.29) is 18.5 Å². The molecule has 0 bridgehead atoms. The second kappa shape index (κ2) is 46.0. The number of nitrogens with one attached hydrogen (secondary N) is 1. The fourth-order valence-electron chi connectivity index (χ4n) is 7.42. The van der Waals surface area contributed by atoms with Crippen LogP contribution in [0.3, 0.4) is 0 Å². The number of aliphatic hydroxyl groups is 2. The third-order valence-electron chi connectivity index (χ3n) is 11.3. The highest BCUT2D eigenvalue weighted by molar-refractivity contribution is 5.76. The Hall–Kier alpha value is -1.66. The molecule has 0 aromatic carbocycles. The number of carbonyl (C=O) groups is 2. The number of esters is 1. The molecular weight excluding hydrogens is 695 g/mol. The predicted octanol–water partition coefficient (Wildman–Crippen LogP) is 14.3. The van der Waals surface area contributed by atoms with Crippen molar-refractivity contribution in [3.63, 3.8) is 0 Å². The lowest BCUT2D eigenvalue weighted by Gasteiger charge is -2.22. The van der Waals surface area contributed by atoms with Gasteiger partial charge in [-0.2, -0.15) is 0 Å². The molecule has 0 fully saturated rings. The number of aliphatic hydroxyl groups excluding tert-OH is 2. The Morgan fingerprint density at radius 2 is 0.911 bits per heavy atom. The molecule has 1 amide bonds. The molecule has 0 radical (unpaired) electrons. The van der Waals surface area contributed by atoms with Crippen LogP contribution in [0.15, 0.2) is 24.3 Å². The Kier molecular flexibility index (Phi) is 44.7. The van der Waals surface area contributed by atoms with Crippen LogP contribution in [0, 0.1) is 0 Å². The summed E-state index contributed by atoms with van der Waals surface area (Å²) in [6.07, 6.45) is 52.7. The molecule has 0 aromatic rings. The monoisotopic (exact) mass is 790 g/mol. The molecule has 2 unspecified atom stereocenters. The summed E-state index contributed by atoms with van der Waals surface area (Å²) in [5, 5.41) is 23.2. The highest BCUT2D eigenvalue weighted by atomic mass is 16.5. The lowest BCUT2D eigenvalue weighted by molar-refractivity contribution is -0.143. The van der Waals surface area contributed by atoms with Gasteiger partial charge in [0.1, 0.15) is 0 Å². The zero-order valence-corrected chi connectivity index (χ0v) is 37.4. The first kappa shape index (κ1) is 54.3. The number of hydrogen-bond donors (Lipinski definition) is 3. The average Bonchev–Trinajstić information content (AvgIpc) is 3.20. The van der Waals surface area contributed by atoms with Gasteiger partial charge in [-0.3, -0.25) is 9.59 Å². The van der Waals surface area contributed by atoms with Crippen molar-refractivity contribution in [2.24, 2.45) is 0 Å². The van der Waals surface area contributed by atoms with Crippen LogP contribution in [-0.4, -0.2) is 47.4 Å². The van der Waals surface area contributed by atoms with E-state index in [1.165, 1.54) is 154 Å². The van der Waals surface area contributed by atoms with Gasteiger partial charge in [0.15, 0.2) is 0 Å². The van der Waals surface area contributed by atoms with Crippen molar-refractivity contribution in [3.8, 4) is 0 Å². The van der Waals surface area contributed by atoms with Crippen LogP contribution >= 0.6 is 0 Å². The van der Waals surface area contributed by atoms with E-state index < -0.39 is 12.1 Å². The first-order valence-electron chi connectivity index (χ1n) is 24.6. The molecule has 0 aliphatic heterocycles. The Labute approximate surface area is 348 Å². The largest absolute Gasteiger partial charge is 0.466 e. The molecule has 0 heterocycles. The standard InChI is InChI=1S/C50H95NO5/c1-3-5-7-9-11-13-15-17-19-20-22-26-30-34-38-42-48(53)47(46-52)51-49(54)43-39-35-31-27-24-25-29-33-37-41-45-56-50(55)44-40-36-32-28-23-21-18-16-14-12-10-8-6-4-2/h10,12,16,18,47-48,52-53H,3-9,11,13-15,17,19-46H2,1-2H3,(H,51,54)/b12-10-,18-16-. The molecule has 2 atom stereocenters. The van der Waals surface area contributed by atoms with E-state index in [2.05, 4.69) is 43.5 Å². The lowest BCUT2D eigenvalue weighted by atomic mass is 10.0. The van der Waals surface area contributed by atoms with Gasteiger partial charge >= 0.3 is 5.97 Å². The van der Waals surface area contributed by atoms with Gasteiger partial charge in [-0.25, -0.2) is 0 Å². The van der Waals surface area contributed by atoms with Crippen molar-refractivity contribution >= 4 is 11.9 Å². The van der Waals surface area contributed by atoms with Gasteiger partial charge in [0.2, 0.25) is 5.91 Å². The van der Waals surface area contributed by atoms with E-state index in [4.69, 9.17) is 4.74 Å². The summed E-state index contributed by atoms with van der Waals surface area (Å²) in [6.45, 7) is 4.85. The zero-order valence-electron chi connectivity index (χ0n) is 37.4. The highest BCUT2D eigenvalue weighted by Gasteiger charge is 2.20. The van der Waals surface area contributed by atoms with E-state index in [0.717, 1.165) is 70.6 Å². The molecule has 56 heavy (non-hydrogen) atoms. The van der Waals surface area contributed by atoms with Crippen molar-refractivity contribution in [1.82, 2.24) is 5.32 Å². The summed E-state index contributed by atoms with van der Waals surface area (Å²) in [5.41, 5.74) is 0. The molecule has 0 saturated carbocycles. The number of unbranched alkanes of at least 4 members (excludes halogenated alkanes) is 30. The topological polar surface area (TPSA) is 95.9 Å². The third kappa shape index (κ3) is 42.0. The molecule has 6 nitrogen and oxygen atoms in total. The van der Waals surface area contributed by atoms with Gasteiger partial charge in [0.25, 0.3) is 0 Å². The average molecular weight is 790 g/mol. The fourth-order valence-corrected chi connectivity index (χ4v) is 7.42. The van der Waals surface area contributed by atoms with Crippen molar-refractivity contribution in [2.45, 2.75) is 270 Å². The molecule has 330 valence electrons. The highest BCUT2D eigenvalue weighted by Crippen LogP contribution is 2.16. The van der Waals surface area contributed by atoms with Gasteiger partial charge in [-0.1, -0.05) is 218 Å². The summed E-state index contributed by atoms with van der Waals surface area (Å²) >= 11 is 0. The van der Waals surface area contributed by atoms with Gasteiger partial charge in [0.05, 0.1) is 25.4 Å². The quantitative estimate of drug-likeness (QED) is 0.0324. The summed E-state index contributed by atoms with van der Waals surface area (Å²) < 4.78 is 5.44. The molecule has 0 aliphatic rings. The number of amides is 1. The van der Waals surface area contributed by atoms with Crippen molar-refractivity contribution < 1.29 is 24.5 Å². The molecule has 0 aliphatic carbocycles. The van der Waals surface area contributed by atoms with Crippen LogP contribution in [0.1, 0.15) is 258 Å². The molecule has 3 N–H and O–H groups in total. The van der Waals surface area contributed by atoms with E-state index in [1.807, 2.05) is 0 Å². The minimum Gasteiger partial charge on any atom is -0.466 e. The fraction of sp³-hybridized carbons (Fsp3) is 0.880. The zero-order chi connectivity index (χ0) is 40.8. The number of hydrogen-bond acceptors (Lipinski definition) is 5. The van der Waals surface area contributed by atoms with E-state index >= 15 is 0 Å². The second-order valence-electron chi connectivity index (χ2n) is 16.8. The number of carbonyl (C=O) groups excluding carboxylic acids is 2. The van der Waals surface area contributed by atoms with Crippen LogP contribution in [0.2, 0.25) is 0 Å². The van der Waals surface area contributed by atoms with Crippen LogP contribution in [-0.2, 0) is 14.3 Å². The maximum atomic E-state index is 12.4. The Balaban J connectivity index is 3.50. The summed E-state index contributed by atoms with van der Waals surface area (Å²) in [5.74, 6) is -0.0922. The number of ether oxygens (including phenoxy) is 1. The third-order valence-corrected chi connectivity index (χ3v) is 11.3. The summed E-state index contributed by atoms with van der Waals surface area (Å²) in [7, 11) is 0. The van der Waals surface area contributed by atoms with E-state index in [0.29, 0.717) is 25.9 Å². The van der Waals surface area contributed by atoms with Crippen molar-refractivity contribution in [2.75, 3.05) is 13.2 Å². The molecule has 6 heteroatoms. The minimum absolute atomic E-state index is 0.0335. The molecular formula is C50H95NO5. The van der Waals surface area contributed by atoms with E-state index in [9.17, 15) is 19.8 Å².